The molecule has 0 fully saturated rings. The maximum Gasteiger partial charge on any atom is 0.279 e. The summed E-state index contributed by atoms with van der Waals surface area (Å²) in [5.74, 6) is -0.287. The Balaban J connectivity index is 2.25. The molecule has 1 aliphatic heterocycles. The zero-order valence-corrected chi connectivity index (χ0v) is 9.79. The van der Waals surface area contributed by atoms with Gasteiger partial charge in [0.15, 0.2) is 5.78 Å². The third-order valence-corrected chi connectivity index (χ3v) is 3.30. The van der Waals surface area contributed by atoms with Gasteiger partial charge in [-0.3, -0.25) is 14.4 Å². The van der Waals surface area contributed by atoms with E-state index in [1.165, 1.54) is 24.3 Å². The minimum Gasteiger partial charge on any atom is -0.290 e. The van der Waals surface area contributed by atoms with Crippen LogP contribution in [0.4, 0.5) is 0 Å². The molecule has 2 aliphatic rings. The number of hydrogen-bond donors (Lipinski definition) is 0. The summed E-state index contributed by atoms with van der Waals surface area (Å²) in [6, 6.07) is 7.31. The van der Waals surface area contributed by atoms with E-state index in [0.717, 1.165) is 5.56 Å². The van der Waals surface area contributed by atoms with E-state index in [1.807, 2.05) is 18.2 Å². The van der Waals surface area contributed by atoms with Crippen LogP contribution in [0.25, 0.3) is 0 Å². The summed E-state index contributed by atoms with van der Waals surface area (Å²) in [6.07, 6.45) is 6.31. The van der Waals surface area contributed by atoms with Crippen molar-refractivity contribution in [1.29, 1.82) is 0 Å². The van der Waals surface area contributed by atoms with Gasteiger partial charge in [0.1, 0.15) is 5.54 Å². The van der Waals surface area contributed by atoms with Crippen molar-refractivity contribution in [2.45, 2.75) is 5.54 Å². The van der Waals surface area contributed by atoms with E-state index in [0.29, 0.717) is 5.56 Å². The molecule has 0 radical (unpaired) electrons. The summed E-state index contributed by atoms with van der Waals surface area (Å²) in [4.78, 5) is 28.7. The molecule has 4 heteroatoms. The molecule has 4 nitrogen and oxygen atoms in total. The van der Waals surface area contributed by atoms with Crippen LogP contribution in [0.2, 0.25) is 0 Å². The molecule has 1 aromatic rings. The third-order valence-electron chi connectivity index (χ3n) is 3.30. The van der Waals surface area contributed by atoms with Crippen LogP contribution in [0.15, 0.2) is 48.6 Å². The molecule has 3 rings (SSSR count). The van der Waals surface area contributed by atoms with E-state index in [-0.39, 0.29) is 11.7 Å². The number of benzene rings is 1. The van der Waals surface area contributed by atoms with Crippen molar-refractivity contribution in [3.63, 3.8) is 0 Å². The molecule has 0 unspecified atom stereocenters. The van der Waals surface area contributed by atoms with Crippen molar-refractivity contribution >= 4 is 11.7 Å². The van der Waals surface area contributed by atoms with Crippen molar-refractivity contribution in [1.82, 2.24) is 5.06 Å². The number of carbonyl (C=O) groups is 2. The minimum absolute atomic E-state index is 0.0893. The SMILES string of the molecule is CON1C(=O)c2ccccc2C12C=CC(=O)C=C2. The quantitative estimate of drug-likeness (QED) is 0.750. The first-order valence-corrected chi connectivity index (χ1v) is 5.60. The molecule has 0 N–H and O–H groups in total. The first kappa shape index (κ1) is 10.9. The van der Waals surface area contributed by atoms with E-state index in [9.17, 15) is 9.59 Å². The smallest absolute Gasteiger partial charge is 0.279 e. The molecular formula is C14H11NO3. The highest BCUT2D eigenvalue weighted by Gasteiger charge is 2.48. The normalized spacial score (nSPS) is 19.7. The largest absolute Gasteiger partial charge is 0.290 e. The lowest BCUT2D eigenvalue weighted by atomic mass is 9.86. The Bertz CT molecular complexity index is 585. The Morgan fingerprint density at radius 3 is 2.44 bits per heavy atom. The van der Waals surface area contributed by atoms with E-state index >= 15 is 0 Å². The zero-order chi connectivity index (χ0) is 12.8. The van der Waals surface area contributed by atoms with Gasteiger partial charge in [-0.1, -0.05) is 18.2 Å². The second-order valence-electron chi connectivity index (χ2n) is 4.22. The van der Waals surface area contributed by atoms with Gasteiger partial charge in [0.25, 0.3) is 5.91 Å². The Labute approximate surface area is 104 Å². The fourth-order valence-electron chi connectivity index (χ4n) is 2.48. The van der Waals surface area contributed by atoms with Gasteiger partial charge < -0.3 is 0 Å². The number of hydrogen-bond acceptors (Lipinski definition) is 3. The third kappa shape index (κ3) is 1.23. The number of fused-ring (bicyclic) bond motifs is 2. The van der Waals surface area contributed by atoms with E-state index in [1.54, 1.807) is 18.2 Å². The number of nitrogens with zero attached hydrogens (tertiary/aromatic N) is 1. The number of rotatable bonds is 1. The molecule has 1 spiro atoms. The Morgan fingerprint density at radius 1 is 1.11 bits per heavy atom. The predicted molar refractivity (Wildman–Crippen MR) is 64.6 cm³/mol. The maximum absolute atomic E-state index is 12.2. The molecule has 0 aromatic heterocycles. The highest BCUT2D eigenvalue weighted by molar-refractivity contribution is 6.04. The van der Waals surface area contributed by atoms with Crippen LogP contribution >= 0.6 is 0 Å². The van der Waals surface area contributed by atoms with E-state index in [4.69, 9.17) is 4.84 Å². The van der Waals surface area contributed by atoms with Crippen molar-refractivity contribution in [2.75, 3.05) is 7.11 Å². The number of ketones is 1. The second-order valence-corrected chi connectivity index (χ2v) is 4.22. The van der Waals surface area contributed by atoms with Crippen molar-refractivity contribution in [3.8, 4) is 0 Å². The number of carbonyl (C=O) groups excluding carboxylic acids is 2. The van der Waals surface area contributed by atoms with Gasteiger partial charge in [-0.15, -0.1) is 0 Å². The summed E-state index contributed by atoms with van der Waals surface area (Å²) in [7, 11) is 1.45. The highest BCUT2D eigenvalue weighted by Crippen LogP contribution is 2.42. The molecule has 1 aliphatic carbocycles. The summed E-state index contributed by atoms with van der Waals surface area (Å²) >= 11 is 0. The first-order chi connectivity index (χ1) is 8.69. The maximum atomic E-state index is 12.2. The van der Waals surface area contributed by atoms with Crippen LogP contribution in [-0.2, 0) is 15.2 Å². The minimum atomic E-state index is -0.795. The molecule has 1 heterocycles. The first-order valence-electron chi connectivity index (χ1n) is 5.60. The molecule has 0 atom stereocenters. The fraction of sp³-hybridized carbons (Fsp3) is 0.143. The van der Waals surface area contributed by atoms with Crippen LogP contribution in [0, 0.1) is 0 Å². The average molecular weight is 241 g/mol. The van der Waals surface area contributed by atoms with Gasteiger partial charge in [0.05, 0.1) is 7.11 Å². The van der Waals surface area contributed by atoms with Crippen molar-refractivity contribution in [3.05, 3.63) is 59.7 Å². The monoisotopic (exact) mass is 241 g/mol. The molecule has 0 bridgehead atoms. The summed E-state index contributed by atoms with van der Waals surface area (Å²) in [5, 5.41) is 1.29. The predicted octanol–water partition coefficient (Wildman–Crippen LogP) is 1.59. The standard InChI is InChI=1S/C14H11NO3/c1-18-15-13(17)11-4-2-3-5-12(11)14(15)8-6-10(16)7-9-14/h2-9H,1H3. The molecule has 0 saturated carbocycles. The summed E-state index contributed by atoms with van der Waals surface area (Å²) in [6.45, 7) is 0. The molecule has 90 valence electrons. The Morgan fingerprint density at radius 2 is 1.78 bits per heavy atom. The number of hydroxylamine groups is 2. The Kier molecular flexibility index (Phi) is 2.21. The highest BCUT2D eigenvalue weighted by atomic mass is 16.7. The number of amides is 1. The van der Waals surface area contributed by atoms with Crippen molar-refractivity contribution in [2.24, 2.45) is 0 Å². The van der Waals surface area contributed by atoms with E-state index < -0.39 is 5.54 Å². The lowest BCUT2D eigenvalue weighted by Crippen LogP contribution is -2.41. The van der Waals surface area contributed by atoms with Gasteiger partial charge in [-0.05, 0) is 30.4 Å². The molecule has 18 heavy (non-hydrogen) atoms. The van der Waals surface area contributed by atoms with Crippen LogP contribution in [0.5, 0.6) is 0 Å². The van der Waals surface area contributed by atoms with Gasteiger partial charge >= 0.3 is 0 Å². The molecule has 1 aromatic carbocycles. The summed E-state index contributed by atoms with van der Waals surface area (Å²) < 4.78 is 0. The van der Waals surface area contributed by atoms with E-state index in [2.05, 4.69) is 0 Å². The second kappa shape index (κ2) is 3.65. The van der Waals surface area contributed by atoms with Gasteiger partial charge in [-0.25, -0.2) is 0 Å². The zero-order valence-electron chi connectivity index (χ0n) is 9.79. The van der Waals surface area contributed by atoms with Crippen LogP contribution in [0.3, 0.4) is 0 Å². The number of allylic oxidation sites excluding steroid dienone is 2. The lowest BCUT2D eigenvalue weighted by molar-refractivity contribution is -0.131. The van der Waals surface area contributed by atoms with Gasteiger partial charge in [0, 0.05) is 11.1 Å². The van der Waals surface area contributed by atoms with Crippen LogP contribution in [0.1, 0.15) is 15.9 Å². The fourth-order valence-corrected chi connectivity index (χ4v) is 2.48. The Hall–Kier alpha value is -2.20. The molecule has 1 amide bonds. The molecular weight excluding hydrogens is 230 g/mol. The lowest BCUT2D eigenvalue weighted by Gasteiger charge is -2.32. The van der Waals surface area contributed by atoms with Crippen molar-refractivity contribution < 1.29 is 14.4 Å². The van der Waals surface area contributed by atoms with Gasteiger partial charge in [-0.2, -0.15) is 5.06 Å². The average Bonchev–Trinajstić information content (AvgIpc) is 2.64. The van der Waals surface area contributed by atoms with Gasteiger partial charge in [0.2, 0.25) is 0 Å². The topological polar surface area (TPSA) is 46.6 Å². The van der Waals surface area contributed by atoms with Crippen LogP contribution in [-0.4, -0.2) is 23.9 Å². The summed E-state index contributed by atoms with van der Waals surface area (Å²) in [5.41, 5.74) is 0.635. The van der Waals surface area contributed by atoms with Crippen LogP contribution < -0.4 is 0 Å². The molecule has 0 saturated heterocycles.